The van der Waals surface area contributed by atoms with E-state index in [0.717, 1.165) is 0 Å². The first kappa shape index (κ1) is 14.7. The molecule has 0 heterocycles. The first-order valence-corrected chi connectivity index (χ1v) is 4.68. The number of aliphatic carboxylic acids is 1. The second-order valence-electron chi connectivity index (χ2n) is 3.85. The summed E-state index contributed by atoms with van der Waals surface area (Å²) in [4.78, 5) is 22.0. The summed E-state index contributed by atoms with van der Waals surface area (Å²) in [6.45, 7) is 1.79. The molecule has 94 valence electrons. The minimum Gasteiger partial charge on any atom is -0.481 e. The first-order valence-electron chi connectivity index (χ1n) is 4.68. The second kappa shape index (κ2) is 5.72. The fourth-order valence-electron chi connectivity index (χ4n) is 1.15. The van der Waals surface area contributed by atoms with Crippen LogP contribution in [0, 0.1) is 5.92 Å². The molecule has 1 amide bonds. The lowest BCUT2D eigenvalue weighted by atomic mass is 10.2. The molecule has 4 nitrogen and oxygen atoms in total. The summed E-state index contributed by atoms with van der Waals surface area (Å²) in [5.41, 5.74) is 0. The molecule has 0 spiro atoms. The second-order valence-corrected chi connectivity index (χ2v) is 3.85. The van der Waals surface area contributed by atoms with Gasteiger partial charge in [-0.15, -0.1) is 0 Å². The molecule has 0 bridgehead atoms. The predicted molar refractivity (Wildman–Crippen MR) is 49.7 cm³/mol. The number of carbonyl (C=O) groups is 2. The van der Waals surface area contributed by atoms with E-state index >= 15 is 0 Å². The summed E-state index contributed by atoms with van der Waals surface area (Å²) in [6, 6.07) is 0. The zero-order valence-electron chi connectivity index (χ0n) is 9.04. The van der Waals surface area contributed by atoms with Crippen molar-refractivity contribution in [3.63, 3.8) is 0 Å². The maximum atomic E-state index is 12.1. The van der Waals surface area contributed by atoms with Crippen LogP contribution in [-0.4, -0.2) is 41.1 Å². The number of amides is 1. The monoisotopic (exact) mass is 241 g/mol. The van der Waals surface area contributed by atoms with Crippen LogP contribution in [0.4, 0.5) is 13.2 Å². The van der Waals surface area contributed by atoms with Crippen LogP contribution in [0.5, 0.6) is 0 Å². The van der Waals surface area contributed by atoms with Gasteiger partial charge in [0.1, 0.15) is 13.0 Å². The maximum absolute atomic E-state index is 12.1. The van der Waals surface area contributed by atoms with Crippen LogP contribution in [0.3, 0.4) is 0 Å². The Morgan fingerprint density at radius 1 is 1.31 bits per heavy atom. The normalized spacial score (nSPS) is 11.6. The summed E-state index contributed by atoms with van der Waals surface area (Å²) >= 11 is 0. The molecular weight excluding hydrogens is 227 g/mol. The van der Waals surface area contributed by atoms with Gasteiger partial charge in [0, 0.05) is 6.54 Å². The van der Waals surface area contributed by atoms with Crippen LogP contribution < -0.4 is 0 Å². The van der Waals surface area contributed by atoms with Gasteiger partial charge < -0.3 is 10.0 Å². The molecule has 0 radical (unpaired) electrons. The van der Waals surface area contributed by atoms with E-state index in [1.807, 2.05) is 0 Å². The molecule has 0 unspecified atom stereocenters. The Kier molecular flexibility index (Phi) is 5.26. The molecule has 1 N–H and O–H groups in total. The van der Waals surface area contributed by atoms with E-state index in [2.05, 4.69) is 0 Å². The van der Waals surface area contributed by atoms with Crippen molar-refractivity contribution in [3.8, 4) is 0 Å². The molecule has 0 aromatic carbocycles. The smallest absolute Gasteiger partial charge is 0.406 e. The Morgan fingerprint density at radius 2 is 1.81 bits per heavy atom. The minimum atomic E-state index is -4.51. The molecule has 0 rings (SSSR count). The number of halogens is 3. The van der Waals surface area contributed by atoms with Gasteiger partial charge in [0.25, 0.3) is 0 Å². The van der Waals surface area contributed by atoms with Crippen molar-refractivity contribution in [2.75, 3.05) is 13.1 Å². The first-order chi connectivity index (χ1) is 7.11. The van der Waals surface area contributed by atoms with Gasteiger partial charge in [-0.1, -0.05) is 13.8 Å². The third-order valence-corrected chi connectivity index (χ3v) is 1.61. The highest BCUT2D eigenvalue weighted by molar-refractivity contribution is 5.93. The Balaban J connectivity index is 4.53. The van der Waals surface area contributed by atoms with Crippen molar-refractivity contribution in [2.45, 2.75) is 26.4 Å². The van der Waals surface area contributed by atoms with Crippen molar-refractivity contribution in [1.29, 1.82) is 0 Å². The summed E-state index contributed by atoms with van der Waals surface area (Å²) in [5.74, 6) is -2.60. The van der Waals surface area contributed by atoms with Crippen LogP contribution >= 0.6 is 0 Å². The standard InChI is InChI=1S/C9H14F3NO3/c1-6(2)4-13(5-9(10,11)12)7(14)3-8(15)16/h6H,3-5H2,1-2H3,(H,15,16). The summed E-state index contributed by atoms with van der Waals surface area (Å²) in [5, 5.41) is 8.34. The quantitative estimate of drug-likeness (QED) is 0.742. The fraction of sp³-hybridized carbons (Fsp3) is 0.778. The number of alkyl halides is 3. The molecule has 0 aromatic rings. The average Bonchev–Trinajstić information content (AvgIpc) is 1.97. The fourth-order valence-corrected chi connectivity index (χ4v) is 1.15. The van der Waals surface area contributed by atoms with E-state index in [4.69, 9.17) is 5.11 Å². The third-order valence-electron chi connectivity index (χ3n) is 1.61. The molecular formula is C9H14F3NO3. The molecule has 0 aromatic heterocycles. The summed E-state index contributed by atoms with van der Waals surface area (Å²) < 4.78 is 36.3. The number of carbonyl (C=O) groups excluding carboxylic acids is 1. The molecule has 0 aliphatic carbocycles. The van der Waals surface area contributed by atoms with Crippen molar-refractivity contribution in [3.05, 3.63) is 0 Å². The highest BCUT2D eigenvalue weighted by Gasteiger charge is 2.33. The Labute approximate surface area is 91.0 Å². The van der Waals surface area contributed by atoms with Gasteiger partial charge in [-0.05, 0) is 5.92 Å². The van der Waals surface area contributed by atoms with Crippen molar-refractivity contribution >= 4 is 11.9 Å². The minimum absolute atomic E-state index is 0.106. The molecule has 0 saturated carbocycles. The number of hydrogen-bond donors (Lipinski definition) is 1. The van der Waals surface area contributed by atoms with Gasteiger partial charge in [-0.3, -0.25) is 9.59 Å². The van der Waals surface area contributed by atoms with Crippen LogP contribution in [-0.2, 0) is 9.59 Å². The molecule has 16 heavy (non-hydrogen) atoms. The van der Waals surface area contributed by atoms with Gasteiger partial charge in [0.15, 0.2) is 0 Å². The van der Waals surface area contributed by atoms with Crippen LogP contribution in [0.15, 0.2) is 0 Å². The molecule has 0 atom stereocenters. The van der Waals surface area contributed by atoms with E-state index in [1.54, 1.807) is 13.8 Å². The maximum Gasteiger partial charge on any atom is 0.406 e. The van der Waals surface area contributed by atoms with E-state index in [9.17, 15) is 22.8 Å². The third kappa shape index (κ3) is 7.08. The van der Waals surface area contributed by atoms with E-state index in [-0.39, 0.29) is 12.5 Å². The summed E-state index contributed by atoms with van der Waals surface area (Å²) in [6.07, 6.45) is -5.42. The topological polar surface area (TPSA) is 57.6 Å². The zero-order valence-corrected chi connectivity index (χ0v) is 9.04. The SMILES string of the molecule is CC(C)CN(CC(F)(F)F)C(=O)CC(=O)O. The van der Waals surface area contributed by atoms with Gasteiger partial charge in [0.05, 0.1) is 0 Å². The summed E-state index contributed by atoms with van der Waals surface area (Å²) in [7, 11) is 0. The lowest BCUT2D eigenvalue weighted by Crippen LogP contribution is -2.41. The Hall–Kier alpha value is -1.27. The van der Waals surface area contributed by atoms with Gasteiger partial charge in [-0.2, -0.15) is 13.2 Å². The lowest BCUT2D eigenvalue weighted by molar-refractivity contribution is -0.164. The van der Waals surface area contributed by atoms with Crippen LogP contribution in [0.1, 0.15) is 20.3 Å². The van der Waals surface area contributed by atoms with E-state index in [0.29, 0.717) is 4.90 Å². The van der Waals surface area contributed by atoms with Gasteiger partial charge in [0.2, 0.25) is 5.91 Å². The largest absolute Gasteiger partial charge is 0.481 e. The molecule has 0 fully saturated rings. The predicted octanol–water partition coefficient (Wildman–Crippen LogP) is 1.51. The van der Waals surface area contributed by atoms with Crippen molar-refractivity contribution < 1.29 is 27.9 Å². The van der Waals surface area contributed by atoms with E-state index < -0.39 is 31.0 Å². The highest BCUT2D eigenvalue weighted by atomic mass is 19.4. The Morgan fingerprint density at radius 3 is 2.12 bits per heavy atom. The molecule has 0 saturated heterocycles. The number of nitrogens with zero attached hydrogens (tertiary/aromatic N) is 1. The van der Waals surface area contributed by atoms with Crippen LogP contribution in [0.2, 0.25) is 0 Å². The molecule has 0 aliphatic heterocycles. The van der Waals surface area contributed by atoms with E-state index in [1.165, 1.54) is 0 Å². The molecule has 7 heteroatoms. The van der Waals surface area contributed by atoms with Crippen LogP contribution in [0.25, 0.3) is 0 Å². The van der Waals surface area contributed by atoms with Crippen molar-refractivity contribution in [1.82, 2.24) is 4.90 Å². The highest BCUT2D eigenvalue weighted by Crippen LogP contribution is 2.17. The molecule has 0 aliphatic rings. The average molecular weight is 241 g/mol. The number of carboxylic acids is 1. The number of hydrogen-bond acceptors (Lipinski definition) is 2. The Bertz CT molecular complexity index is 263. The lowest BCUT2D eigenvalue weighted by Gasteiger charge is -2.25. The van der Waals surface area contributed by atoms with Gasteiger partial charge >= 0.3 is 12.1 Å². The van der Waals surface area contributed by atoms with Crippen molar-refractivity contribution in [2.24, 2.45) is 5.92 Å². The van der Waals surface area contributed by atoms with Gasteiger partial charge in [-0.25, -0.2) is 0 Å². The number of rotatable bonds is 5. The zero-order chi connectivity index (χ0) is 12.9. The number of carboxylic acid groups (broad SMARTS) is 1.